The van der Waals surface area contributed by atoms with E-state index in [0.29, 0.717) is 5.56 Å². The minimum atomic E-state index is -3.73. The molecular formula is C15H16FNO2S. The highest BCUT2D eigenvalue weighted by atomic mass is 32.2. The van der Waals surface area contributed by atoms with E-state index in [-0.39, 0.29) is 4.90 Å². The van der Waals surface area contributed by atoms with Crippen LogP contribution in [0.5, 0.6) is 0 Å². The number of sulfonamides is 1. The normalized spacial score (nSPS) is 13.1. The second kappa shape index (κ2) is 6.15. The SMILES string of the molecule is Cc1ccc(S(=O)(=O)NC(CF)c2ccccc2)cc1. The topological polar surface area (TPSA) is 46.2 Å². The van der Waals surface area contributed by atoms with Gasteiger partial charge in [-0.15, -0.1) is 0 Å². The Bertz CT molecular complexity index is 654. The number of alkyl halides is 1. The molecule has 2 aromatic rings. The summed E-state index contributed by atoms with van der Waals surface area (Å²) < 4.78 is 39.9. The van der Waals surface area contributed by atoms with Gasteiger partial charge in [0.1, 0.15) is 6.67 Å². The lowest BCUT2D eigenvalue weighted by Crippen LogP contribution is -2.29. The van der Waals surface area contributed by atoms with Crippen molar-refractivity contribution in [1.29, 1.82) is 0 Å². The van der Waals surface area contributed by atoms with Gasteiger partial charge in [0.15, 0.2) is 0 Å². The molecule has 1 N–H and O–H groups in total. The summed E-state index contributed by atoms with van der Waals surface area (Å²) in [5, 5.41) is 0. The average molecular weight is 293 g/mol. The monoisotopic (exact) mass is 293 g/mol. The van der Waals surface area contributed by atoms with Crippen molar-refractivity contribution >= 4 is 10.0 Å². The van der Waals surface area contributed by atoms with Crippen molar-refractivity contribution in [3.05, 3.63) is 65.7 Å². The first kappa shape index (κ1) is 14.7. The maximum atomic E-state index is 13.1. The Balaban J connectivity index is 2.24. The van der Waals surface area contributed by atoms with Gasteiger partial charge in [0.05, 0.1) is 10.9 Å². The molecular weight excluding hydrogens is 277 g/mol. The molecule has 0 aliphatic rings. The fourth-order valence-electron chi connectivity index (χ4n) is 1.85. The van der Waals surface area contributed by atoms with Crippen LogP contribution in [0.15, 0.2) is 59.5 Å². The van der Waals surface area contributed by atoms with E-state index in [9.17, 15) is 12.8 Å². The highest BCUT2D eigenvalue weighted by Gasteiger charge is 2.21. The number of halogens is 1. The summed E-state index contributed by atoms with van der Waals surface area (Å²) in [6.45, 7) is 1.08. The molecule has 0 fully saturated rings. The van der Waals surface area contributed by atoms with E-state index in [1.54, 1.807) is 42.5 Å². The lowest BCUT2D eigenvalue weighted by atomic mass is 10.1. The number of aryl methyl sites for hydroxylation is 1. The Hall–Kier alpha value is -1.72. The van der Waals surface area contributed by atoms with Gasteiger partial charge in [0.2, 0.25) is 10.0 Å². The van der Waals surface area contributed by atoms with Crippen LogP contribution in [-0.2, 0) is 10.0 Å². The highest BCUT2D eigenvalue weighted by molar-refractivity contribution is 7.89. The molecule has 0 saturated heterocycles. The molecule has 3 nitrogen and oxygen atoms in total. The zero-order chi connectivity index (χ0) is 14.6. The lowest BCUT2D eigenvalue weighted by Gasteiger charge is -2.16. The van der Waals surface area contributed by atoms with Crippen molar-refractivity contribution in [2.45, 2.75) is 17.9 Å². The van der Waals surface area contributed by atoms with Crippen LogP contribution in [0, 0.1) is 6.92 Å². The van der Waals surface area contributed by atoms with Crippen LogP contribution in [-0.4, -0.2) is 15.1 Å². The molecule has 2 rings (SSSR count). The lowest BCUT2D eigenvalue weighted by molar-refractivity contribution is 0.414. The van der Waals surface area contributed by atoms with Crippen molar-refractivity contribution in [3.63, 3.8) is 0 Å². The van der Waals surface area contributed by atoms with E-state index in [4.69, 9.17) is 0 Å². The third-order valence-electron chi connectivity index (χ3n) is 2.98. The molecule has 0 aliphatic heterocycles. The van der Waals surface area contributed by atoms with Crippen molar-refractivity contribution < 1.29 is 12.8 Å². The van der Waals surface area contributed by atoms with Crippen LogP contribution in [0.1, 0.15) is 17.2 Å². The van der Waals surface area contributed by atoms with E-state index >= 15 is 0 Å². The summed E-state index contributed by atoms with van der Waals surface area (Å²) >= 11 is 0. The number of benzene rings is 2. The molecule has 0 heterocycles. The molecule has 2 aromatic carbocycles. The molecule has 0 bridgehead atoms. The molecule has 106 valence electrons. The standard InChI is InChI=1S/C15H16FNO2S/c1-12-7-9-14(10-8-12)20(18,19)17-15(11-16)13-5-3-2-4-6-13/h2-10,15,17H,11H2,1H3. The molecule has 1 atom stereocenters. The van der Waals surface area contributed by atoms with Crippen molar-refractivity contribution in [2.24, 2.45) is 0 Å². The Morgan fingerprint density at radius 2 is 1.65 bits per heavy atom. The zero-order valence-corrected chi connectivity index (χ0v) is 11.9. The average Bonchev–Trinajstić information content (AvgIpc) is 2.46. The van der Waals surface area contributed by atoms with Crippen LogP contribution < -0.4 is 4.72 Å². The van der Waals surface area contributed by atoms with Crippen LogP contribution in [0.25, 0.3) is 0 Å². The molecule has 0 saturated carbocycles. The van der Waals surface area contributed by atoms with Gasteiger partial charge in [-0.2, -0.15) is 0 Å². The third-order valence-corrected chi connectivity index (χ3v) is 4.47. The van der Waals surface area contributed by atoms with Gasteiger partial charge in [-0.1, -0.05) is 48.0 Å². The van der Waals surface area contributed by atoms with E-state index in [1.807, 2.05) is 6.92 Å². The maximum absolute atomic E-state index is 13.1. The predicted octanol–water partition coefficient (Wildman–Crippen LogP) is 2.98. The van der Waals surface area contributed by atoms with E-state index in [0.717, 1.165) is 5.56 Å². The van der Waals surface area contributed by atoms with Gasteiger partial charge in [-0.05, 0) is 24.6 Å². The van der Waals surface area contributed by atoms with Crippen molar-refractivity contribution in [3.8, 4) is 0 Å². The number of hydrogen-bond acceptors (Lipinski definition) is 2. The summed E-state index contributed by atoms with van der Waals surface area (Å²) in [7, 11) is -3.73. The molecule has 0 aromatic heterocycles. The molecule has 1 unspecified atom stereocenters. The van der Waals surface area contributed by atoms with Crippen LogP contribution >= 0.6 is 0 Å². The molecule has 0 spiro atoms. The van der Waals surface area contributed by atoms with Gasteiger partial charge < -0.3 is 0 Å². The minimum absolute atomic E-state index is 0.137. The Labute approximate surface area is 118 Å². The van der Waals surface area contributed by atoms with Crippen molar-refractivity contribution in [1.82, 2.24) is 4.72 Å². The second-order valence-electron chi connectivity index (χ2n) is 4.55. The minimum Gasteiger partial charge on any atom is -0.249 e. The summed E-state index contributed by atoms with van der Waals surface area (Å²) in [4.78, 5) is 0.137. The molecule has 5 heteroatoms. The van der Waals surface area contributed by atoms with Crippen LogP contribution in [0.3, 0.4) is 0 Å². The summed E-state index contributed by atoms with van der Waals surface area (Å²) in [6.07, 6.45) is 0. The molecule has 20 heavy (non-hydrogen) atoms. The highest BCUT2D eigenvalue weighted by Crippen LogP contribution is 2.18. The quantitative estimate of drug-likeness (QED) is 0.921. The Morgan fingerprint density at radius 1 is 1.05 bits per heavy atom. The third kappa shape index (κ3) is 3.43. The van der Waals surface area contributed by atoms with E-state index in [2.05, 4.69) is 4.72 Å². The van der Waals surface area contributed by atoms with Crippen LogP contribution in [0.2, 0.25) is 0 Å². The van der Waals surface area contributed by atoms with Crippen molar-refractivity contribution in [2.75, 3.05) is 6.67 Å². The summed E-state index contributed by atoms with van der Waals surface area (Å²) in [5.74, 6) is 0. The Kier molecular flexibility index (Phi) is 4.52. The van der Waals surface area contributed by atoms with Gasteiger partial charge in [-0.25, -0.2) is 17.5 Å². The summed E-state index contributed by atoms with van der Waals surface area (Å²) in [6, 6.07) is 14.3. The first-order valence-corrected chi connectivity index (χ1v) is 7.71. The summed E-state index contributed by atoms with van der Waals surface area (Å²) in [5.41, 5.74) is 1.57. The van der Waals surface area contributed by atoms with Gasteiger partial charge in [0, 0.05) is 0 Å². The van der Waals surface area contributed by atoms with Gasteiger partial charge >= 0.3 is 0 Å². The number of rotatable bonds is 5. The molecule has 0 amide bonds. The fraction of sp³-hybridized carbons (Fsp3) is 0.200. The van der Waals surface area contributed by atoms with E-state index < -0.39 is 22.7 Å². The van der Waals surface area contributed by atoms with Gasteiger partial charge in [0.25, 0.3) is 0 Å². The number of nitrogens with one attached hydrogen (secondary N) is 1. The maximum Gasteiger partial charge on any atom is 0.241 e. The van der Waals surface area contributed by atoms with Gasteiger partial charge in [-0.3, -0.25) is 0 Å². The fourth-order valence-corrected chi connectivity index (χ4v) is 3.05. The van der Waals surface area contributed by atoms with E-state index in [1.165, 1.54) is 12.1 Å². The Morgan fingerprint density at radius 3 is 2.20 bits per heavy atom. The zero-order valence-electron chi connectivity index (χ0n) is 11.1. The first-order valence-electron chi connectivity index (χ1n) is 6.23. The smallest absolute Gasteiger partial charge is 0.241 e. The molecule has 0 radical (unpaired) electrons. The second-order valence-corrected chi connectivity index (χ2v) is 6.27. The van der Waals surface area contributed by atoms with Crippen LogP contribution in [0.4, 0.5) is 4.39 Å². The predicted molar refractivity (Wildman–Crippen MR) is 76.7 cm³/mol. The largest absolute Gasteiger partial charge is 0.249 e. The number of hydrogen-bond donors (Lipinski definition) is 1. The first-order chi connectivity index (χ1) is 9.53. The molecule has 0 aliphatic carbocycles.